The lowest BCUT2D eigenvalue weighted by atomic mass is 10.1. The molecule has 25 heavy (non-hydrogen) atoms. The molecule has 0 aliphatic carbocycles. The van der Waals surface area contributed by atoms with E-state index in [1.54, 1.807) is 0 Å². The predicted octanol–water partition coefficient (Wildman–Crippen LogP) is 4.62. The van der Waals surface area contributed by atoms with Crippen LogP contribution in [0.25, 0.3) is 0 Å². The van der Waals surface area contributed by atoms with Crippen molar-refractivity contribution in [2.24, 2.45) is 0 Å². The first-order chi connectivity index (χ1) is 12.3. The minimum absolute atomic E-state index is 0.503. The lowest BCUT2D eigenvalue weighted by Crippen LogP contribution is -2.01. The van der Waals surface area contributed by atoms with E-state index in [4.69, 9.17) is 16.3 Å². The highest BCUT2D eigenvalue weighted by atomic mass is 35.5. The summed E-state index contributed by atoms with van der Waals surface area (Å²) in [6.45, 7) is 0.503. The van der Waals surface area contributed by atoms with E-state index >= 15 is 0 Å². The van der Waals surface area contributed by atoms with Gasteiger partial charge in [-0.05, 0) is 42.0 Å². The normalized spacial score (nSPS) is 10.6. The third kappa shape index (κ3) is 5.57. The minimum Gasteiger partial charge on any atom is -0.472 e. The van der Waals surface area contributed by atoms with Crippen molar-refractivity contribution < 1.29 is 4.74 Å². The van der Waals surface area contributed by atoms with Gasteiger partial charge in [0.05, 0.1) is 5.69 Å². The summed E-state index contributed by atoms with van der Waals surface area (Å²) in [6.07, 6.45) is 2.72. The predicted molar refractivity (Wildman–Crippen MR) is 101 cm³/mol. The Bertz CT molecular complexity index is 758. The second kappa shape index (κ2) is 9.19. The number of benzene rings is 2. The summed E-state index contributed by atoms with van der Waals surface area (Å²) in [4.78, 5) is 0. The van der Waals surface area contributed by atoms with Crippen molar-refractivity contribution in [1.82, 2.24) is 10.2 Å². The summed E-state index contributed by atoms with van der Waals surface area (Å²) in [5.41, 5.74) is 4.66. The number of aryl methyl sites for hydroxylation is 3. The molecule has 3 rings (SSSR count). The molecule has 0 atom stereocenters. The van der Waals surface area contributed by atoms with Gasteiger partial charge in [-0.15, -0.1) is 16.7 Å². The maximum Gasteiger partial charge on any atom is 0.233 e. The first kappa shape index (κ1) is 17.4. The Balaban J connectivity index is 1.48. The number of hydrogen-bond donors (Lipinski definition) is 0. The SMILES string of the molecule is ClCCc1ccc(CCc2ccc(OCc3ccccc3)nn2)cc1. The van der Waals surface area contributed by atoms with E-state index in [0.717, 1.165) is 30.5 Å². The van der Waals surface area contributed by atoms with Crippen LogP contribution in [0.1, 0.15) is 22.4 Å². The molecule has 3 aromatic rings. The smallest absolute Gasteiger partial charge is 0.233 e. The van der Waals surface area contributed by atoms with E-state index < -0.39 is 0 Å². The van der Waals surface area contributed by atoms with Gasteiger partial charge in [0.25, 0.3) is 0 Å². The molecule has 0 aliphatic rings. The van der Waals surface area contributed by atoms with Crippen LogP contribution in [-0.4, -0.2) is 16.1 Å². The fourth-order valence-electron chi connectivity index (χ4n) is 2.54. The van der Waals surface area contributed by atoms with E-state index in [9.17, 15) is 0 Å². The van der Waals surface area contributed by atoms with Crippen LogP contribution < -0.4 is 4.74 Å². The van der Waals surface area contributed by atoms with Gasteiger partial charge in [-0.1, -0.05) is 54.6 Å². The summed E-state index contributed by atoms with van der Waals surface area (Å²) < 4.78 is 5.66. The molecule has 0 spiro atoms. The quantitative estimate of drug-likeness (QED) is 0.555. The molecule has 0 saturated heterocycles. The zero-order valence-corrected chi connectivity index (χ0v) is 14.8. The lowest BCUT2D eigenvalue weighted by Gasteiger charge is -2.06. The summed E-state index contributed by atoms with van der Waals surface area (Å²) in [5.74, 6) is 1.21. The first-order valence-electron chi connectivity index (χ1n) is 8.46. The molecule has 0 unspecified atom stereocenters. The molecule has 0 saturated carbocycles. The van der Waals surface area contributed by atoms with Crippen LogP contribution in [-0.2, 0) is 25.9 Å². The zero-order chi connectivity index (χ0) is 17.3. The Labute approximate surface area is 153 Å². The summed E-state index contributed by atoms with van der Waals surface area (Å²) in [7, 11) is 0. The molecular weight excluding hydrogens is 332 g/mol. The van der Waals surface area contributed by atoms with Crippen LogP contribution in [0.15, 0.2) is 66.7 Å². The van der Waals surface area contributed by atoms with Gasteiger partial charge < -0.3 is 4.74 Å². The molecule has 0 N–H and O–H groups in total. The molecule has 128 valence electrons. The fraction of sp³-hybridized carbons (Fsp3) is 0.238. The Hall–Kier alpha value is -2.39. The number of alkyl halides is 1. The standard InChI is InChI=1S/C21H21ClN2O/c22-15-14-18-8-6-17(7-9-18)10-11-20-12-13-21(24-23-20)25-16-19-4-2-1-3-5-19/h1-9,12-13H,10-11,14-16H2. The van der Waals surface area contributed by atoms with E-state index in [1.165, 1.54) is 11.1 Å². The monoisotopic (exact) mass is 352 g/mol. The Morgan fingerprint density at radius 3 is 2.04 bits per heavy atom. The van der Waals surface area contributed by atoms with Gasteiger partial charge in [0.1, 0.15) is 6.61 Å². The van der Waals surface area contributed by atoms with E-state index in [2.05, 4.69) is 34.5 Å². The zero-order valence-electron chi connectivity index (χ0n) is 14.1. The van der Waals surface area contributed by atoms with Crippen molar-refractivity contribution >= 4 is 11.6 Å². The maximum atomic E-state index is 5.76. The summed E-state index contributed by atoms with van der Waals surface area (Å²) in [6, 6.07) is 22.5. The van der Waals surface area contributed by atoms with Crippen molar-refractivity contribution in [1.29, 1.82) is 0 Å². The van der Waals surface area contributed by atoms with Crippen LogP contribution in [0.5, 0.6) is 5.88 Å². The highest BCUT2D eigenvalue weighted by molar-refractivity contribution is 6.17. The Morgan fingerprint density at radius 1 is 0.680 bits per heavy atom. The van der Waals surface area contributed by atoms with Gasteiger partial charge in [-0.3, -0.25) is 0 Å². The van der Waals surface area contributed by atoms with Crippen molar-refractivity contribution in [3.63, 3.8) is 0 Å². The number of nitrogens with zero attached hydrogens (tertiary/aromatic N) is 2. The number of rotatable bonds is 8. The van der Waals surface area contributed by atoms with Gasteiger partial charge in [0, 0.05) is 11.9 Å². The minimum atomic E-state index is 0.503. The van der Waals surface area contributed by atoms with Crippen LogP contribution in [0, 0.1) is 0 Å². The second-order valence-corrected chi connectivity index (χ2v) is 6.27. The summed E-state index contributed by atoms with van der Waals surface area (Å²) >= 11 is 5.76. The first-order valence-corrected chi connectivity index (χ1v) is 9.00. The van der Waals surface area contributed by atoms with E-state index in [-0.39, 0.29) is 0 Å². The molecule has 1 heterocycles. The molecule has 2 aromatic carbocycles. The maximum absolute atomic E-state index is 5.76. The van der Waals surface area contributed by atoms with Gasteiger partial charge >= 0.3 is 0 Å². The van der Waals surface area contributed by atoms with Crippen LogP contribution in [0.4, 0.5) is 0 Å². The van der Waals surface area contributed by atoms with Crippen LogP contribution in [0.3, 0.4) is 0 Å². The van der Waals surface area contributed by atoms with Gasteiger partial charge in [0.15, 0.2) is 0 Å². The number of ether oxygens (including phenoxy) is 1. The van der Waals surface area contributed by atoms with E-state index in [0.29, 0.717) is 18.4 Å². The molecule has 4 heteroatoms. The van der Waals surface area contributed by atoms with Gasteiger partial charge in [-0.2, -0.15) is 5.10 Å². The third-order valence-corrected chi connectivity index (χ3v) is 4.19. The molecule has 0 amide bonds. The topological polar surface area (TPSA) is 35.0 Å². The average Bonchev–Trinajstić information content (AvgIpc) is 2.68. The molecule has 0 aliphatic heterocycles. The van der Waals surface area contributed by atoms with Crippen molar-refractivity contribution in [2.75, 3.05) is 5.88 Å². The average molecular weight is 353 g/mol. The van der Waals surface area contributed by atoms with E-state index in [1.807, 2.05) is 42.5 Å². The Morgan fingerprint density at radius 2 is 1.40 bits per heavy atom. The lowest BCUT2D eigenvalue weighted by molar-refractivity contribution is 0.290. The molecule has 0 bridgehead atoms. The highest BCUT2D eigenvalue weighted by Crippen LogP contribution is 2.12. The number of halogens is 1. The van der Waals surface area contributed by atoms with Gasteiger partial charge in [0.2, 0.25) is 5.88 Å². The summed E-state index contributed by atoms with van der Waals surface area (Å²) in [5, 5.41) is 8.42. The van der Waals surface area contributed by atoms with Gasteiger partial charge in [-0.25, -0.2) is 0 Å². The highest BCUT2D eigenvalue weighted by Gasteiger charge is 2.02. The molecular formula is C21H21ClN2O. The molecule has 0 radical (unpaired) electrons. The van der Waals surface area contributed by atoms with Crippen LogP contribution >= 0.6 is 11.6 Å². The second-order valence-electron chi connectivity index (χ2n) is 5.89. The number of aromatic nitrogens is 2. The van der Waals surface area contributed by atoms with Crippen molar-refractivity contribution in [3.8, 4) is 5.88 Å². The molecule has 1 aromatic heterocycles. The molecule has 3 nitrogen and oxygen atoms in total. The largest absolute Gasteiger partial charge is 0.472 e. The van der Waals surface area contributed by atoms with Crippen LogP contribution in [0.2, 0.25) is 0 Å². The van der Waals surface area contributed by atoms with Crippen molar-refractivity contribution in [2.45, 2.75) is 25.9 Å². The van der Waals surface area contributed by atoms with Crippen molar-refractivity contribution in [3.05, 3.63) is 89.1 Å². The molecule has 0 fully saturated rings. The Kier molecular flexibility index (Phi) is 6.41. The number of hydrogen-bond acceptors (Lipinski definition) is 3. The fourth-order valence-corrected chi connectivity index (χ4v) is 2.76. The third-order valence-electron chi connectivity index (χ3n) is 4.00.